The van der Waals surface area contributed by atoms with Crippen LogP contribution in [-0.4, -0.2) is 28.1 Å². The number of anilines is 1. The maximum absolute atomic E-state index is 11.5. The monoisotopic (exact) mass is 255 g/mol. The maximum Gasteiger partial charge on any atom is 0.321 e. The molecule has 1 fully saturated rings. The molecule has 1 heterocycles. The summed E-state index contributed by atoms with van der Waals surface area (Å²) < 4.78 is 0. The number of carbonyl (C=O) groups is 2. The van der Waals surface area contributed by atoms with E-state index in [1.165, 1.54) is 11.3 Å². The minimum atomic E-state index is -0.783. The zero-order chi connectivity index (χ0) is 12.3. The molecule has 17 heavy (non-hydrogen) atoms. The van der Waals surface area contributed by atoms with Crippen LogP contribution < -0.4 is 10.6 Å². The average Bonchev–Trinajstić information content (AvgIpc) is 2.88. The van der Waals surface area contributed by atoms with Gasteiger partial charge in [0.25, 0.3) is 0 Å². The first kappa shape index (κ1) is 11.8. The zero-order valence-electron chi connectivity index (χ0n) is 9.05. The Kier molecular flexibility index (Phi) is 3.58. The Bertz CT molecular complexity index is 407. The van der Waals surface area contributed by atoms with Crippen LogP contribution in [0, 0.1) is 5.92 Å². The molecule has 1 aliphatic rings. The van der Waals surface area contributed by atoms with Crippen LogP contribution in [0.25, 0.3) is 0 Å². The molecule has 2 rings (SSSR count). The predicted octanol–water partition coefficient (Wildman–Crippen LogP) is 1.52. The van der Waals surface area contributed by atoms with Gasteiger partial charge in [0.15, 0.2) is 5.13 Å². The van der Waals surface area contributed by atoms with Crippen molar-refractivity contribution in [1.82, 2.24) is 10.3 Å². The number of aromatic nitrogens is 1. The molecular formula is C10H13N3O3S. The van der Waals surface area contributed by atoms with Crippen molar-refractivity contribution in [3.63, 3.8) is 0 Å². The molecule has 1 saturated carbocycles. The molecule has 0 spiro atoms. The van der Waals surface area contributed by atoms with Gasteiger partial charge in [-0.3, -0.25) is 10.1 Å². The van der Waals surface area contributed by atoms with Gasteiger partial charge in [0.1, 0.15) is 0 Å². The molecule has 0 bridgehead atoms. The van der Waals surface area contributed by atoms with Gasteiger partial charge in [-0.15, -0.1) is 11.3 Å². The minimum Gasteiger partial charge on any atom is -0.481 e. The fraction of sp³-hybridized carbons (Fsp3) is 0.500. The highest BCUT2D eigenvalue weighted by molar-refractivity contribution is 7.13. The van der Waals surface area contributed by atoms with Gasteiger partial charge in [0.2, 0.25) is 0 Å². The Labute approximate surface area is 102 Å². The summed E-state index contributed by atoms with van der Waals surface area (Å²) in [7, 11) is 0. The summed E-state index contributed by atoms with van der Waals surface area (Å²) in [5, 5.41) is 16.5. The summed E-state index contributed by atoms with van der Waals surface area (Å²) in [6.07, 6.45) is 3.44. The average molecular weight is 255 g/mol. The molecule has 0 saturated heterocycles. The first-order chi connectivity index (χ1) is 8.15. The number of aliphatic carboxylic acids is 1. The highest BCUT2D eigenvalue weighted by Gasteiger charge is 2.30. The number of rotatable bonds is 3. The Morgan fingerprint density at radius 3 is 2.88 bits per heavy atom. The molecule has 0 radical (unpaired) electrons. The molecule has 2 atom stereocenters. The van der Waals surface area contributed by atoms with Crippen molar-refractivity contribution in [1.29, 1.82) is 0 Å². The number of thiazole rings is 1. The quantitative estimate of drug-likeness (QED) is 0.763. The van der Waals surface area contributed by atoms with Gasteiger partial charge in [-0.1, -0.05) is 0 Å². The number of carboxylic acid groups (broad SMARTS) is 1. The molecule has 1 aromatic heterocycles. The second kappa shape index (κ2) is 5.13. The Morgan fingerprint density at radius 2 is 2.29 bits per heavy atom. The lowest BCUT2D eigenvalue weighted by Crippen LogP contribution is -2.36. The number of urea groups is 1. The number of hydrogen-bond acceptors (Lipinski definition) is 4. The van der Waals surface area contributed by atoms with Crippen LogP contribution in [-0.2, 0) is 4.79 Å². The van der Waals surface area contributed by atoms with Crippen LogP contribution in [0.5, 0.6) is 0 Å². The van der Waals surface area contributed by atoms with Gasteiger partial charge < -0.3 is 10.4 Å². The largest absolute Gasteiger partial charge is 0.481 e. The lowest BCUT2D eigenvalue weighted by Gasteiger charge is -2.12. The SMILES string of the molecule is O=C(Nc1nccs1)N[C@H]1CC[C@@H](C(=O)O)C1. The third-order valence-corrected chi connectivity index (χ3v) is 3.46. The Balaban J connectivity index is 1.78. The smallest absolute Gasteiger partial charge is 0.321 e. The third-order valence-electron chi connectivity index (χ3n) is 2.77. The van der Waals surface area contributed by atoms with E-state index in [9.17, 15) is 9.59 Å². The summed E-state index contributed by atoms with van der Waals surface area (Å²) in [6, 6.07) is -0.382. The van der Waals surface area contributed by atoms with Gasteiger partial charge in [-0.2, -0.15) is 0 Å². The second-order valence-corrected chi connectivity index (χ2v) is 4.88. The Hall–Kier alpha value is -1.63. The van der Waals surface area contributed by atoms with E-state index in [1.54, 1.807) is 11.6 Å². The molecule has 6 nitrogen and oxygen atoms in total. The second-order valence-electron chi connectivity index (χ2n) is 3.98. The lowest BCUT2D eigenvalue weighted by molar-refractivity contribution is -0.141. The number of nitrogens with zero attached hydrogens (tertiary/aromatic N) is 1. The molecule has 0 aliphatic heterocycles. The molecule has 3 N–H and O–H groups in total. The molecule has 92 valence electrons. The van der Waals surface area contributed by atoms with E-state index in [0.29, 0.717) is 24.4 Å². The van der Waals surface area contributed by atoms with E-state index in [0.717, 1.165) is 0 Å². The number of nitrogens with one attached hydrogen (secondary N) is 2. The molecule has 1 aliphatic carbocycles. The van der Waals surface area contributed by atoms with Crippen LogP contribution in [0.2, 0.25) is 0 Å². The fourth-order valence-electron chi connectivity index (χ4n) is 1.94. The highest BCUT2D eigenvalue weighted by atomic mass is 32.1. The topological polar surface area (TPSA) is 91.3 Å². The van der Waals surface area contributed by atoms with Crippen LogP contribution in [0.1, 0.15) is 19.3 Å². The molecule has 2 amide bonds. The zero-order valence-corrected chi connectivity index (χ0v) is 9.87. The standard InChI is InChI=1S/C10H13N3O3S/c14-8(15)6-1-2-7(5-6)12-9(16)13-10-11-3-4-17-10/h3-4,6-7H,1-2,5H2,(H,14,15)(H2,11,12,13,16)/t6-,7+/m1/s1. The molecule has 0 unspecified atom stereocenters. The molecule has 7 heteroatoms. The Morgan fingerprint density at radius 1 is 1.47 bits per heavy atom. The molecule has 1 aromatic rings. The number of hydrogen-bond donors (Lipinski definition) is 3. The maximum atomic E-state index is 11.5. The van der Waals surface area contributed by atoms with Crippen LogP contribution in [0.15, 0.2) is 11.6 Å². The van der Waals surface area contributed by atoms with E-state index >= 15 is 0 Å². The summed E-state index contributed by atoms with van der Waals surface area (Å²) in [5.41, 5.74) is 0. The van der Waals surface area contributed by atoms with Crippen molar-refractivity contribution >= 4 is 28.5 Å². The van der Waals surface area contributed by atoms with Gasteiger partial charge in [-0.25, -0.2) is 9.78 Å². The van der Waals surface area contributed by atoms with Gasteiger partial charge in [-0.05, 0) is 19.3 Å². The van der Waals surface area contributed by atoms with E-state index in [-0.39, 0.29) is 18.0 Å². The van der Waals surface area contributed by atoms with Crippen molar-refractivity contribution in [2.75, 3.05) is 5.32 Å². The summed E-state index contributed by atoms with van der Waals surface area (Å²) in [6.45, 7) is 0. The normalized spacial score (nSPS) is 23.3. The summed E-state index contributed by atoms with van der Waals surface area (Å²) in [4.78, 5) is 26.2. The van der Waals surface area contributed by atoms with E-state index in [2.05, 4.69) is 15.6 Å². The van der Waals surface area contributed by atoms with Crippen molar-refractivity contribution in [3.8, 4) is 0 Å². The van der Waals surface area contributed by atoms with Crippen molar-refractivity contribution in [3.05, 3.63) is 11.6 Å². The van der Waals surface area contributed by atoms with Gasteiger partial charge >= 0.3 is 12.0 Å². The number of carboxylic acids is 1. The van der Waals surface area contributed by atoms with Crippen LogP contribution in [0.3, 0.4) is 0 Å². The summed E-state index contributed by atoms with van der Waals surface area (Å²) >= 11 is 1.34. The van der Waals surface area contributed by atoms with Crippen molar-refractivity contribution < 1.29 is 14.7 Å². The third kappa shape index (κ3) is 3.16. The predicted molar refractivity (Wildman–Crippen MR) is 63.0 cm³/mol. The number of carbonyl (C=O) groups excluding carboxylic acids is 1. The van der Waals surface area contributed by atoms with Crippen LogP contribution in [0.4, 0.5) is 9.93 Å². The van der Waals surface area contributed by atoms with Crippen molar-refractivity contribution in [2.24, 2.45) is 5.92 Å². The summed E-state index contributed by atoms with van der Waals surface area (Å²) in [5.74, 6) is -1.12. The minimum absolute atomic E-state index is 0.0592. The number of amides is 2. The highest BCUT2D eigenvalue weighted by Crippen LogP contribution is 2.25. The van der Waals surface area contributed by atoms with Crippen LogP contribution >= 0.6 is 11.3 Å². The van der Waals surface area contributed by atoms with E-state index in [4.69, 9.17) is 5.11 Å². The fourth-order valence-corrected chi connectivity index (χ4v) is 2.46. The van der Waals surface area contributed by atoms with E-state index in [1.807, 2.05) is 0 Å². The lowest BCUT2D eigenvalue weighted by atomic mass is 10.1. The van der Waals surface area contributed by atoms with Gasteiger partial charge in [0, 0.05) is 17.6 Å². The van der Waals surface area contributed by atoms with E-state index < -0.39 is 5.97 Å². The molecular weight excluding hydrogens is 242 g/mol. The van der Waals surface area contributed by atoms with Gasteiger partial charge in [0.05, 0.1) is 5.92 Å². The first-order valence-electron chi connectivity index (χ1n) is 5.35. The first-order valence-corrected chi connectivity index (χ1v) is 6.23. The molecule has 0 aromatic carbocycles. The van der Waals surface area contributed by atoms with Crippen molar-refractivity contribution in [2.45, 2.75) is 25.3 Å².